The van der Waals surface area contributed by atoms with E-state index >= 15 is 0 Å². The highest BCUT2D eigenvalue weighted by Crippen LogP contribution is 2.26. The predicted molar refractivity (Wildman–Crippen MR) is 66.0 cm³/mol. The van der Waals surface area contributed by atoms with Crippen LogP contribution in [0.3, 0.4) is 0 Å². The van der Waals surface area contributed by atoms with E-state index in [2.05, 4.69) is 4.98 Å². The Labute approximate surface area is 109 Å². The molecule has 1 saturated heterocycles. The lowest BCUT2D eigenvalue weighted by molar-refractivity contribution is -0.142. The molecule has 2 rings (SSSR count). The Balaban J connectivity index is 2.22. The number of carboxylic acid groups (broad SMARTS) is 1. The number of aryl methyl sites for hydroxylation is 1. The van der Waals surface area contributed by atoms with E-state index in [-0.39, 0.29) is 10.8 Å². The summed E-state index contributed by atoms with van der Waals surface area (Å²) in [4.78, 5) is 14.9. The van der Waals surface area contributed by atoms with Crippen LogP contribution in [0.5, 0.6) is 0 Å². The van der Waals surface area contributed by atoms with Crippen molar-refractivity contribution >= 4 is 27.3 Å². The van der Waals surface area contributed by atoms with Gasteiger partial charge >= 0.3 is 5.97 Å². The van der Waals surface area contributed by atoms with Crippen molar-refractivity contribution in [1.29, 1.82) is 0 Å². The fourth-order valence-electron chi connectivity index (χ4n) is 1.95. The van der Waals surface area contributed by atoms with Gasteiger partial charge in [0, 0.05) is 13.1 Å². The van der Waals surface area contributed by atoms with Crippen LogP contribution in [0.2, 0.25) is 0 Å². The van der Waals surface area contributed by atoms with Gasteiger partial charge in [-0.05, 0) is 19.8 Å². The molecule has 1 aliphatic heterocycles. The van der Waals surface area contributed by atoms with Crippen molar-refractivity contribution in [3.63, 3.8) is 0 Å². The summed E-state index contributed by atoms with van der Waals surface area (Å²) in [5.74, 6) is -1.54. The molecule has 18 heavy (non-hydrogen) atoms. The van der Waals surface area contributed by atoms with Gasteiger partial charge in [-0.25, -0.2) is 13.4 Å². The van der Waals surface area contributed by atoms with Gasteiger partial charge in [-0.15, -0.1) is 11.3 Å². The molecule has 0 saturated carbocycles. The van der Waals surface area contributed by atoms with Gasteiger partial charge in [-0.1, -0.05) is 0 Å². The van der Waals surface area contributed by atoms with Gasteiger partial charge in [0.15, 0.2) is 4.21 Å². The average molecular weight is 290 g/mol. The molecule has 0 spiro atoms. The molecule has 0 radical (unpaired) electrons. The number of carboxylic acids is 1. The fourth-order valence-corrected chi connectivity index (χ4v) is 4.74. The Hall–Kier alpha value is -0.990. The highest BCUT2D eigenvalue weighted by atomic mass is 32.2. The number of carbonyl (C=O) groups is 1. The minimum atomic E-state index is -3.58. The molecule has 0 aliphatic carbocycles. The van der Waals surface area contributed by atoms with Gasteiger partial charge in [0.05, 0.1) is 17.1 Å². The Kier molecular flexibility index (Phi) is 3.69. The first kappa shape index (κ1) is 13.4. The third-order valence-corrected chi connectivity index (χ3v) is 6.14. The zero-order valence-electron chi connectivity index (χ0n) is 9.87. The molecule has 0 aromatic carbocycles. The van der Waals surface area contributed by atoms with Crippen molar-refractivity contribution in [2.75, 3.05) is 13.1 Å². The molecule has 0 bridgehead atoms. The minimum Gasteiger partial charge on any atom is -0.481 e. The Morgan fingerprint density at radius 3 is 2.89 bits per heavy atom. The quantitative estimate of drug-likeness (QED) is 0.895. The molecular weight excluding hydrogens is 276 g/mol. The molecule has 1 fully saturated rings. The smallest absolute Gasteiger partial charge is 0.307 e. The lowest BCUT2D eigenvalue weighted by Gasteiger charge is -2.29. The molecule has 0 amide bonds. The summed E-state index contributed by atoms with van der Waals surface area (Å²) in [5.41, 5.74) is 0. The second-order valence-corrected chi connectivity index (χ2v) is 7.64. The van der Waals surface area contributed by atoms with Gasteiger partial charge in [0.2, 0.25) is 0 Å². The number of hydrogen-bond donors (Lipinski definition) is 1. The van der Waals surface area contributed by atoms with E-state index in [9.17, 15) is 13.2 Å². The molecule has 0 unspecified atom stereocenters. The maximum absolute atomic E-state index is 12.3. The third kappa shape index (κ3) is 2.55. The molecule has 6 nitrogen and oxygen atoms in total. The molecule has 1 aromatic rings. The molecule has 1 aliphatic rings. The molecule has 100 valence electrons. The largest absolute Gasteiger partial charge is 0.481 e. The van der Waals surface area contributed by atoms with Gasteiger partial charge in [0.1, 0.15) is 0 Å². The van der Waals surface area contributed by atoms with Gasteiger partial charge in [-0.2, -0.15) is 4.31 Å². The summed E-state index contributed by atoms with van der Waals surface area (Å²) >= 11 is 1.11. The van der Waals surface area contributed by atoms with Crippen molar-refractivity contribution in [3.8, 4) is 0 Å². The predicted octanol–water partition coefficient (Wildman–Crippen LogP) is 0.937. The van der Waals surface area contributed by atoms with Crippen molar-refractivity contribution in [1.82, 2.24) is 9.29 Å². The summed E-state index contributed by atoms with van der Waals surface area (Å²) in [6.45, 7) is 2.16. The first-order valence-electron chi connectivity index (χ1n) is 5.56. The van der Waals surface area contributed by atoms with E-state index in [0.29, 0.717) is 24.4 Å². The van der Waals surface area contributed by atoms with Crippen LogP contribution in [0.4, 0.5) is 0 Å². The number of piperidine rings is 1. The van der Waals surface area contributed by atoms with Crippen molar-refractivity contribution in [2.45, 2.75) is 24.0 Å². The first-order valence-corrected chi connectivity index (χ1v) is 7.82. The SMILES string of the molecule is Cc1ncc(S(=O)(=O)N2CCC[C@@H](C(=O)O)C2)s1. The van der Waals surface area contributed by atoms with Crippen LogP contribution in [0.1, 0.15) is 17.8 Å². The number of hydrogen-bond acceptors (Lipinski definition) is 5. The van der Waals surface area contributed by atoms with Crippen LogP contribution in [0.25, 0.3) is 0 Å². The topological polar surface area (TPSA) is 87.6 Å². The van der Waals surface area contributed by atoms with Crippen LogP contribution >= 0.6 is 11.3 Å². The zero-order chi connectivity index (χ0) is 13.3. The molecule has 8 heteroatoms. The number of rotatable bonds is 3. The molecule has 1 atom stereocenters. The minimum absolute atomic E-state index is 0.0502. The lowest BCUT2D eigenvalue weighted by atomic mass is 10.0. The number of nitrogens with zero attached hydrogens (tertiary/aromatic N) is 2. The number of thiazole rings is 1. The molecule has 1 aromatic heterocycles. The molecule has 2 heterocycles. The summed E-state index contributed by atoms with van der Waals surface area (Å²) in [5, 5.41) is 9.65. The average Bonchev–Trinajstić information content (AvgIpc) is 2.77. The van der Waals surface area contributed by atoms with E-state index in [4.69, 9.17) is 5.11 Å². The Morgan fingerprint density at radius 1 is 1.61 bits per heavy atom. The van der Waals surface area contributed by atoms with Gasteiger partial charge in [0.25, 0.3) is 10.0 Å². The van der Waals surface area contributed by atoms with Crippen LogP contribution < -0.4 is 0 Å². The fraction of sp³-hybridized carbons (Fsp3) is 0.600. The summed E-state index contributed by atoms with van der Waals surface area (Å²) in [7, 11) is -3.58. The summed E-state index contributed by atoms with van der Waals surface area (Å²) in [6, 6.07) is 0. The van der Waals surface area contributed by atoms with Crippen LogP contribution in [0.15, 0.2) is 10.4 Å². The maximum Gasteiger partial charge on any atom is 0.307 e. The normalized spacial score (nSPS) is 21.9. The van der Waals surface area contributed by atoms with Crippen LogP contribution in [-0.2, 0) is 14.8 Å². The van der Waals surface area contributed by atoms with E-state index in [0.717, 1.165) is 11.3 Å². The van der Waals surface area contributed by atoms with E-state index in [1.54, 1.807) is 6.92 Å². The van der Waals surface area contributed by atoms with Gasteiger partial charge < -0.3 is 5.11 Å². The zero-order valence-corrected chi connectivity index (χ0v) is 11.5. The van der Waals surface area contributed by atoms with E-state index in [1.807, 2.05) is 0 Å². The lowest BCUT2D eigenvalue weighted by Crippen LogP contribution is -2.42. The highest BCUT2D eigenvalue weighted by Gasteiger charge is 2.34. The van der Waals surface area contributed by atoms with E-state index < -0.39 is 21.9 Å². The van der Waals surface area contributed by atoms with E-state index in [1.165, 1.54) is 10.5 Å². The second kappa shape index (κ2) is 4.94. The Morgan fingerprint density at radius 2 is 2.33 bits per heavy atom. The molecule has 1 N–H and O–H groups in total. The van der Waals surface area contributed by atoms with Crippen molar-refractivity contribution < 1.29 is 18.3 Å². The standard InChI is InChI=1S/C10H14N2O4S2/c1-7-11-5-9(17-7)18(15,16)12-4-2-3-8(6-12)10(13)14/h5,8H,2-4,6H2,1H3,(H,13,14)/t8-/m1/s1. The number of sulfonamides is 1. The first-order chi connectivity index (χ1) is 8.41. The highest BCUT2D eigenvalue weighted by molar-refractivity contribution is 7.91. The number of aromatic nitrogens is 1. The Bertz CT molecular complexity index is 552. The monoisotopic (exact) mass is 290 g/mol. The number of aliphatic carboxylic acids is 1. The van der Waals surface area contributed by atoms with Gasteiger partial charge in [-0.3, -0.25) is 4.79 Å². The van der Waals surface area contributed by atoms with Crippen molar-refractivity contribution in [2.24, 2.45) is 5.92 Å². The van der Waals surface area contributed by atoms with Crippen LogP contribution in [-0.4, -0.2) is 41.9 Å². The molecular formula is C10H14N2O4S2. The second-order valence-electron chi connectivity index (χ2n) is 4.24. The third-order valence-electron chi connectivity index (χ3n) is 2.93. The summed E-state index contributed by atoms with van der Waals surface area (Å²) in [6.07, 6.45) is 2.44. The summed E-state index contributed by atoms with van der Waals surface area (Å²) < 4.78 is 26.0. The maximum atomic E-state index is 12.3. The van der Waals surface area contributed by atoms with Crippen LogP contribution in [0, 0.1) is 12.8 Å². The van der Waals surface area contributed by atoms with Crippen molar-refractivity contribution in [3.05, 3.63) is 11.2 Å².